The van der Waals surface area contributed by atoms with Crippen LogP contribution in [0.2, 0.25) is 0 Å². The van der Waals surface area contributed by atoms with Gasteiger partial charge in [0.05, 0.1) is 14.2 Å². The first kappa shape index (κ1) is 16.4. The van der Waals surface area contributed by atoms with Crippen LogP contribution in [0.25, 0.3) is 0 Å². The van der Waals surface area contributed by atoms with E-state index in [1.165, 1.54) is 5.56 Å². The molecule has 0 aliphatic heterocycles. The molecule has 0 radical (unpaired) electrons. The van der Waals surface area contributed by atoms with Crippen LogP contribution in [0.3, 0.4) is 0 Å². The number of carbonyl (C=O) groups is 1. The van der Waals surface area contributed by atoms with Crippen molar-refractivity contribution in [3.05, 3.63) is 59.7 Å². The topological polar surface area (TPSA) is 47.6 Å². The summed E-state index contributed by atoms with van der Waals surface area (Å²) in [5.74, 6) is 2.09. The van der Waals surface area contributed by atoms with Gasteiger partial charge in [-0.15, -0.1) is 0 Å². The van der Waals surface area contributed by atoms with Gasteiger partial charge in [0, 0.05) is 12.5 Å². The fraction of sp³-hybridized carbons (Fsp3) is 0.350. The van der Waals surface area contributed by atoms with Crippen LogP contribution < -0.4 is 14.8 Å². The molecule has 0 aromatic heterocycles. The molecular formula is C20H23NO3. The zero-order chi connectivity index (χ0) is 16.9. The lowest BCUT2D eigenvalue weighted by Crippen LogP contribution is -2.27. The smallest absolute Gasteiger partial charge is 0.223 e. The molecule has 0 bridgehead atoms. The van der Waals surface area contributed by atoms with Crippen LogP contribution in [0.4, 0.5) is 0 Å². The van der Waals surface area contributed by atoms with Crippen LogP contribution in [-0.4, -0.2) is 26.7 Å². The number of hydrogen-bond acceptors (Lipinski definition) is 3. The van der Waals surface area contributed by atoms with E-state index >= 15 is 0 Å². The van der Waals surface area contributed by atoms with Gasteiger partial charge in [-0.05, 0) is 42.0 Å². The molecule has 24 heavy (non-hydrogen) atoms. The molecule has 1 amide bonds. The van der Waals surface area contributed by atoms with Crippen LogP contribution in [0.1, 0.15) is 23.5 Å². The summed E-state index contributed by atoms with van der Waals surface area (Å²) in [5.41, 5.74) is 2.38. The van der Waals surface area contributed by atoms with E-state index < -0.39 is 0 Å². The minimum absolute atomic E-state index is 0.123. The number of amides is 1. The fourth-order valence-corrected chi connectivity index (χ4v) is 3.05. The zero-order valence-electron chi connectivity index (χ0n) is 14.1. The Morgan fingerprint density at radius 2 is 1.83 bits per heavy atom. The maximum atomic E-state index is 12.2. The van der Waals surface area contributed by atoms with Crippen LogP contribution in [0, 0.1) is 5.92 Å². The van der Waals surface area contributed by atoms with Gasteiger partial charge in [0.2, 0.25) is 5.91 Å². The number of carbonyl (C=O) groups excluding carboxylic acids is 1. The summed E-state index contributed by atoms with van der Waals surface area (Å²) >= 11 is 0. The zero-order valence-corrected chi connectivity index (χ0v) is 14.1. The summed E-state index contributed by atoms with van der Waals surface area (Å²) < 4.78 is 10.5. The Kier molecular flexibility index (Phi) is 5.04. The fourth-order valence-electron chi connectivity index (χ4n) is 3.05. The summed E-state index contributed by atoms with van der Waals surface area (Å²) in [6, 6.07) is 16.1. The van der Waals surface area contributed by atoms with Crippen molar-refractivity contribution < 1.29 is 14.3 Å². The maximum absolute atomic E-state index is 12.2. The number of methoxy groups -OCH3 is 2. The minimum Gasteiger partial charge on any atom is -0.493 e. The molecular weight excluding hydrogens is 302 g/mol. The van der Waals surface area contributed by atoms with E-state index in [0.717, 1.165) is 18.4 Å². The van der Waals surface area contributed by atoms with Crippen molar-refractivity contribution in [1.82, 2.24) is 5.32 Å². The first-order valence-corrected chi connectivity index (χ1v) is 8.26. The van der Waals surface area contributed by atoms with Gasteiger partial charge in [0.15, 0.2) is 11.5 Å². The molecule has 1 N–H and O–H groups in total. The van der Waals surface area contributed by atoms with Gasteiger partial charge in [0.1, 0.15) is 0 Å². The highest BCUT2D eigenvalue weighted by Crippen LogP contribution is 2.47. The van der Waals surface area contributed by atoms with Gasteiger partial charge >= 0.3 is 0 Å². The highest BCUT2D eigenvalue weighted by atomic mass is 16.5. The van der Waals surface area contributed by atoms with Crippen LogP contribution in [0.5, 0.6) is 11.5 Å². The molecule has 1 saturated carbocycles. The Labute approximate surface area is 142 Å². The molecule has 1 aliphatic rings. The third-order valence-corrected chi connectivity index (χ3v) is 4.52. The van der Waals surface area contributed by atoms with Crippen molar-refractivity contribution in [2.24, 2.45) is 5.92 Å². The van der Waals surface area contributed by atoms with Crippen LogP contribution >= 0.6 is 0 Å². The molecule has 0 heterocycles. The second-order valence-electron chi connectivity index (χ2n) is 6.09. The van der Waals surface area contributed by atoms with E-state index in [-0.39, 0.29) is 11.8 Å². The highest BCUT2D eigenvalue weighted by Gasteiger charge is 2.43. The molecule has 4 heteroatoms. The van der Waals surface area contributed by atoms with Gasteiger partial charge < -0.3 is 14.8 Å². The molecule has 0 spiro atoms. The van der Waals surface area contributed by atoms with Gasteiger partial charge in [-0.2, -0.15) is 0 Å². The average molecular weight is 325 g/mol. The SMILES string of the molecule is COc1ccc(CCNC(=O)[C@H]2C[C@H]2c2ccccc2)cc1OC. The van der Waals surface area contributed by atoms with Crippen molar-refractivity contribution in [3.8, 4) is 11.5 Å². The normalized spacial score (nSPS) is 18.8. The number of benzene rings is 2. The quantitative estimate of drug-likeness (QED) is 0.850. The second kappa shape index (κ2) is 7.39. The largest absolute Gasteiger partial charge is 0.493 e. The molecule has 126 valence electrons. The molecule has 2 aromatic carbocycles. The predicted octanol–water partition coefficient (Wildman–Crippen LogP) is 3.17. The first-order chi connectivity index (χ1) is 11.7. The van der Waals surface area contributed by atoms with Crippen molar-refractivity contribution in [1.29, 1.82) is 0 Å². The lowest BCUT2D eigenvalue weighted by Gasteiger charge is -2.10. The Bertz CT molecular complexity index is 699. The van der Waals surface area contributed by atoms with Gasteiger partial charge in [-0.3, -0.25) is 4.79 Å². The number of rotatable bonds is 7. The number of ether oxygens (including phenoxy) is 2. The summed E-state index contributed by atoms with van der Waals surface area (Å²) in [7, 11) is 3.25. The van der Waals surface area contributed by atoms with Gasteiger partial charge in [-0.1, -0.05) is 36.4 Å². The summed E-state index contributed by atoms with van der Waals surface area (Å²) in [6.45, 7) is 0.631. The molecule has 0 unspecified atom stereocenters. The Hall–Kier alpha value is -2.49. The lowest BCUT2D eigenvalue weighted by molar-refractivity contribution is -0.122. The second-order valence-corrected chi connectivity index (χ2v) is 6.09. The molecule has 2 atom stereocenters. The van der Waals surface area contributed by atoms with Gasteiger partial charge in [-0.25, -0.2) is 0 Å². The minimum atomic E-state index is 0.123. The number of nitrogens with one attached hydrogen (secondary N) is 1. The van der Waals surface area contributed by atoms with Crippen molar-refractivity contribution in [2.75, 3.05) is 20.8 Å². The molecule has 3 rings (SSSR count). The maximum Gasteiger partial charge on any atom is 0.223 e. The highest BCUT2D eigenvalue weighted by molar-refractivity contribution is 5.82. The summed E-state index contributed by atoms with van der Waals surface area (Å²) in [6.07, 6.45) is 1.72. The molecule has 2 aromatic rings. The van der Waals surface area contributed by atoms with Crippen molar-refractivity contribution in [2.45, 2.75) is 18.8 Å². The first-order valence-electron chi connectivity index (χ1n) is 8.26. The molecule has 0 saturated heterocycles. The summed E-state index contributed by atoms with van der Waals surface area (Å²) in [5, 5.41) is 3.05. The molecule has 4 nitrogen and oxygen atoms in total. The average Bonchev–Trinajstić information content (AvgIpc) is 3.43. The standard InChI is InChI=1S/C20H23NO3/c1-23-18-9-8-14(12-19(18)24-2)10-11-21-20(22)17-13-16(17)15-6-4-3-5-7-15/h3-9,12,16-17H,10-11,13H2,1-2H3,(H,21,22)/t16-,17-/m0/s1. The summed E-state index contributed by atoms with van der Waals surface area (Å²) in [4.78, 5) is 12.2. The van der Waals surface area contributed by atoms with E-state index in [2.05, 4.69) is 17.4 Å². The monoisotopic (exact) mass is 325 g/mol. The van der Waals surface area contributed by atoms with Crippen LogP contribution in [0.15, 0.2) is 48.5 Å². The lowest BCUT2D eigenvalue weighted by atomic mass is 10.1. The van der Waals surface area contributed by atoms with E-state index in [0.29, 0.717) is 24.0 Å². The van der Waals surface area contributed by atoms with E-state index in [4.69, 9.17) is 9.47 Å². The van der Waals surface area contributed by atoms with Crippen LogP contribution in [-0.2, 0) is 11.2 Å². The van der Waals surface area contributed by atoms with Gasteiger partial charge in [0.25, 0.3) is 0 Å². The van der Waals surface area contributed by atoms with Crippen molar-refractivity contribution >= 4 is 5.91 Å². The Morgan fingerprint density at radius 3 is 2.54 bits per heavy atom. The van der Waals surface area contributed by atoms with E-state index in [1.807, 2.05) is 36.4 Å². The van der Waals surface area contributed by atoms with E-state index in [9.17, 15) is 4.79 Å². The third-order valence-electron chi connectivity index (χ3n) is 4.52. The Balaban J connectivity index is 1.48. The Morgan fingerprint density at radius 1 is 1.08 bits per heavy atom. The van der Waals surface area contributed by atoms with E-state index in [1.54, 1.807) is 14.2 Å². The molecule has 1 fully saturated rings. The predicted molar refractivity (Wildman–Crippen MR) is 93.5 cm³/mol. The molecule has 1 aliphatic carbocycles. The number of hydrogen-bond donors (Lipinski definition) is 1. The third kappa shape index (κ3) is 3.70. The van der Waals surface area contributed by atoms with Crippen molar-refractivity contribution in [3.63, 3.8) is 0 Å².